The molecule has 0 aliphatic heterocycles. The van der Waals surface area contributed by atoms with E-state index in [1.165, 1.54) is 11.8 Å². The van der Waals surface area contributed by atoms with E-state index in [4.69, 9.17) is 0 Å². The van der Waals surface area contributed by atoms with Crippen molar-refractivity contribution in [1.29, 1.82) is 0 Å². The average molecular weight is 389 g/mol. The first-order valence-corrected chi connectivity index (χ1v) is 9.84. The molecule has 0 aliphatic rings. The number of nitrogens with zero attached hydrogens (tertiary/aromatic N) is 4. The van der Waals surface area contributed by atoms with Crippen LogP contribution in [0, 0.1) is 13.8 Å². The third kappa shape index (κ3) is 4.04. The highest BCUT2D eigenvalue weighted by Gasteiger charge is 2.08. The maximum Gasteiger partial charge on any atom is 0.234 e. The Hall–Kier alpha value is -3.19. The number of hydrogen-bond donors (Lipinski definition) is 1. The molecular formula is C21H19N5OS. The van der Waals surface area contributed by atoms with Crippen molar-refractivity contribution in [3.8, 4) is 5.69 Å². The molecule has 0 bridgehead atoms. The molecule has 4 rings (SSSR count). The molecule has 0 saturated carbocycles. The third-order valence-corrected chi connectivity index (χ3v) is 5.02. The number of fused-ring (bicyclic) bond motifs is 1. The standard InChI is InChI=1S/C21H19N5OS/c1-14-11-15(2)24-21(23-14)28-12-20(27)25-16-7-9-17(10-8-16)26-13-22-18-5-3-4-6-19(18)26/h3-11,13H,12H2,1-2H3,(H,25,27). The van der Waals surface area contributed by atoms with Crippen molar-refractivity contribution in [3.05, 3.63) is 72.3 Å². The van der Waals surface area contributed by atoms with Gasteiger partial charge in [-0.3, -0.25) is 9.36 Å². The topological polar surface area (TPSA) is 72.7 Å². The lowest BCUT2D eigenvalue weighted by atomic mass is 10.2. The molecule has 0 saturated heterocycles. The van der Waals surface area contributed by atoms with E-state index in [1.54, 1.807) is 6.33 Å². The van der Waals surface area contributed by atoms with Gasteiger partial charge in [0.2, 0.25) is 5.91 Å². The Morgan fingerprint density at radius 2 is 1.75 bits per heavy atom. The Kier molecular flexibility index (Phi) is 5.08. The van der Waals surface area contributed by atoms with Crippen molar-refractivity contribution in [3.63, 3.8) is 0 Å². The van der Waals surface area contributed by atoms with Crippen LogP contribution in [0.3, 0.4) is 0 Å². The van der Waals surface area contributed by atoms with Crippen LogP contribution >= 0.6 is 11.8 Å². The zero-order valence-electron chi connectivity index (χ0n) is 15.6. The molecule has 1 amide bonds. The van der Waals surface area contributed by atoms with E-state index in [9.17, 15) is 4.79 Å². The van der Waals surface area contributed by atoms with Crippen molar-refractivity contribution in [1.82, 2.24) is 19.5 Å². The molecule has 4 aromatic rings. The number of benzene rings is 2. The maximum absolute atomic E-state index is 12.2. The number of carbonyl (C=O) groups is 1. The van der Waals surface area contributed by atoms with Crippen molar-refractivity contribution < 1.29 is 4.79 Å². The lowest BCUT2D eigenvalue weighted by Crippen LogP contribution is -2.14. The van der Waals surface area contributed by atoms with Gasteiger partial charge in [-0.15, -0.1) is 0 Å². The first-order chi connectivity index (χ1) is 13.6. The minimum atomic E-state index is -0.0893. The number of para-hydroxylation sites is 2. The smallest absolute Gasteiger partial charge is 0.234 e. The van der Waals surface area contributed by atoms with Gasteiger partial charge in [-0.1, -0.05) is 23.9 Å². The summed E-state index contributed by atoms with van der Waals surface area (Å²) in [5, 5.41) is 3.53. The molecule has 1 N–H and O–H groups in total. The fraction of sp³-hybridized carbons (Fsp3) is 0.143. The molecule has 0 aliphatic carbocycles. The van der Waals surface area contributed by atoms with E-state index in [1.807, 2.05) is 73.0 Å². The monoisotopic (exact) mass is 389 g/mol. The summed E-state index contributed by atoms with van der Waals surface area (Å²) >= 11 is 1.33. The fourth-order valence-electron chi connectivity index (χ4n) is 2.96. The first-order valence-electron chi connectivity index (χ1n) is 8.86. The lowest BCUT2D eigenvalue weighted by molar-refractivity contribution is -0.113. The molecule has 7 heteroatoms. The fourth-order valence-corrected chi connectivity index (χ4v) is 3.71. The second kappa shape index (κ2) is 7.82. The molecular weight excluding hydrogens is 370 g/mol. The van der Waals surface area contributed by atoms with Crippen molar-refractivity contribution in [2.75, 3.05) is 11.1 Å². The van der Waals surface area contributed by atoms with Crippen molar-refractivity contribution in [2.24, 2.45) is 0 Å². The molecule has 2 heterocycles. The zero-order chi connectivity index (χ0) is 19.5. The number of hydrogen-bond acceptors (Lipinski definition) is 5. The Labute approximate surface area is 167 Å². The SMILES string of the molecule is Cc1cc(C)nc(SCC(=O)Nc2ccc(-n3cnc4ccccc43)cc2)n1. The Morgan fingerprint density at radius 1 is 1.04 bits per heavy atom. The Bertz CT molecular complexity index is 1120. The van der Waals surface area contributed by atoms with Crippen molar-refractivity contribution in [2.45, 2.75) is 19.0 Å². The third-order valence-electron chi connectivity index (χ3n) is 4.18. The van der Waals surface area contributed by atoms with Crippen LogP contribution in [0.5, 0.6) is 0 Å². The molecule has 28 heavy (non-hydrogen) atoms. The van der Waals surface area contributed by atoms with Gasteiger partial charge in [0.15, 0.2) is 5.16 Å². The average Bonchev–Trinajstić information content (AvgIpc) is 3.10. The van der Waals surface area contributed by atoms with Gasteiger partial charge in [0, 0.05) is 22.8 Å². The highest BCUT2D eigenvalue weighted by atomic mass is 32.2. The number of anilines is 1. The first kappa shape index (κ1) is 18.2. The quantitative estimate of drug-likeness (QED) is 0.410. The van der Waals surface area contributed by atoms with Crippen LogP contribution in [0.25, 0.3) is 16.7 Å². The molecule has 140 valence electrons. The number of imidazole rings is 1. The van der Waals surface area contributed by atoms with Crippen molar-refractivity contribution >= 4 is 34.4 Å². The normalized spacial score (nSPS) is 10.9. The highest BCUT2D eigenvalue weighted by molar-refractivity contribution is 7.99. The summed E-state index contributed by atoms with van der Waals surface area (Å²) in [6.45, 7) is 3.84. The minimum absolute atomic E-state index is 0.0893. The number of aromatic nitrogens is 4. The lowest BCUT2D eigenvalue weighted by Gasteiger charge is -2.08. The molecule has 6 nitrogen and oxygen atoms in total. The van der Waals surface area contributed by atoms with E-state index >= 15 is 0 Å². The van der Waals surface area contributed by atoms with Gasteiger partial charge in [-0.05, 0) is 56.3 Å². The van der Waals surface area contributed by atoms with Crippen LogP contribution in [0.1, 0.15) is 11.4 Å². The summed E-state index contributed by atoms with van der Waals surface area (Å²) in [5.74, 6) is 0.171. The predicted molar refractivity (Wildman–Crippen MR) is 112 cm³/mol. The molecule has 0 spiro atoms. The summed E-state index contributed by atoms with van der Waals surface area (Å²) in [6, 6.07) is 17.6. The van der Waals surface area contributed by atoms with Gasteiger partial charge in [0.05, 0.1) is 16.8 Å². The second-order valence-corrected chi connectivity index (χ2v) is 7.36. The van der Waals surface area contributed by atoms with Gasteiger partial charge in [0.25, 0.3) is 0 Å². The van der Waals surface area contributed by atoms with E-state index in [0.717, 1.165) is 33.8 Å². The summed E-state index contributed by atoms with van der Waals surface area (Å²) in [4.78, 5) is 25.3. The number of carbonyl (C=O) groups excluding carboxylic acids is 1. The minimum Gasteiger partial charge on any atom is -0.325 e. The second-order valence-electron chi connectivity index (χ2n) is 6.42. The van der Waals surface area contributed by atoms with Crippen LogP contribution in [0.15, 0.2) is 66.1 Å². The van der Waals surface area contributed by atoms with Gasteiger partial charge >= 0.3 is 0 Å². The zero-order valence-corrected chi connectivity index (χ0v) is 16.4. The van der Waals surface area contributed by atoms with Crippen LogP contribution in [-0.2, 0) is 4.79 Å². The highest BCUT2D eigenvalue weighted by Crippen LogP contribution is 2.20. The molecule has 0 unspecified atom stereocenters. The summed E-state index contributed by atoms with van der Waals surface area (Å²) in [7, 11) is 0. The summed E-state index contributed by atoms with van der Waals surface area (Å²) in [6.07, 6.45) is 1.80. The number of thioether (sulfide) groups is 1. The van der Waals surface area contributed by atoms with Crippen LogP contribution in [0.4, 0.5) is 5.69 Å². The number of rotatable bonds is 5. The molecule has 2 aromatic carbocycles. The predicted octanol–water partition coefficient (Wildman–Crippen LogP) is 4.16. The van der Waals surface area contributed by atoms with Gasteiger partial charge in [0.1, 0.15) is 6.33 Å². The Morgan fingerprint density at radius 3 is 2.50 bits per heavy atom. The van der Waals surface area contributed by atoms with E-state index in [2.05, 4.69) is 20.3 Å². The Balaban J connectivity index is 1.41. The largest absolute Gasteiger partial charge is 0.325 e. The number of aryl methyl sites for hydroxylation is 2. The van der Waals surface area contributed by atoms with E-state index < -0.39 is 0 Å². The van der Waals surface area contributed by atoms with E-state index in [-0.39, 0.29) is 11.7 Å². The molecule has 0 radical (unpaired) electrons. The van der Waals surface area contributed by atoms with E-state index in [0.29, 0.717) is 5.16 Å². The number of nitrogens with one attached hydrogen (secondary N) is 1. The van der Waals surface area contributed by atoms with Crippen LogP contribution in [0.2, 0.25) is 0 Å². The van der Waals surface area contributed by atoms with Crippen LogP contribution in [-0.4, -0.2) is 31.2 Å². The molecule has 2 aromatic heterocycles. The van der Waals surface area contributed by atoms with Gasteiger partial charge in [-0.25, -0.2) is 15.0 Å². The maximum atomic E-state index is 12.2. The van der Waals surface area contributed by atoms with Gasteiger partial charge < -0.3 is 5.32 Å². The molecule has 0 atom stereocenters. The van der Waals surface area contributed by atoms with Gasteiger partial charge in [-0.2, -0.15) is 0 Å². The number of amides is 1. The summed E-state index contributed by atoms with van der Waals surface area (Å²) in [5.41, 5.74) is 5.54. The molecule has 0 fully saturated rings. The summed E-state index contributed by atoms with van der Waals surface area (Å²) < 4.78 is 2.02. The van der Waals surface area contributed by atoms with Crippen LogP contribution < -0.4 is 5.32 Å².